The minimum absolute atomic E-state index is 0.0267. The fourth-order valence-corrected chi connectivity index (χ4v) is 5.69. The molecule has 34 heavy (non-hydrogen) atoms. The van der Waals surface area contributed by atoms with Crippen LogP contribution >= 0.6 is 0 Å². The molecular formula is C22H26FN3O7S. The van der Waals surface area contributed by atoms with E-state index >= 15 is 0 Å². The summed E-state index contributed by atoms with van der Waals surface area (Å²) >= 11 is 0. The molecule has 1 spiro atoms. The second-order valence-corrected chi connectivity index (χ2v) is 12.0. The Bertz CT molecular complexity index is 1240. The van der Waals surface area contributed by atoms with Crippen molar-refractivity contribution in [2.45, 2.75) is 49.6 Å². The molecule has 184 valence electrons. The molecule has 4 atom stereocenters. The van der Waals surface area contributed by atoms with Gasteiger partial charge in [-0.05, 0) is 39.0 Å². The molecule has 2 saturated heterocycles. The molecule has 3 fully saturated rings. The number of likely N-dealkylation sites (tertiary alicyclic amines) is 1. The van der Waals surface area contributed by atoms with Crippen molar-refractivity contribution in [3.8, 4) is 11.4 Å². The molecule has 3 heterocycles. The zero-order valence-corrected chi connectivity index (χ0v) is 20.1. The average molecular weight is 496 g/mol. The second kappa shape index (κ2) is 7.72. The van der Waals surface area contributed by atoms with E-state index < -0.39 is 26.2 Å². The van der Waals surface area contributed by atoms with E-state index in [2.05, 4.69) is 10.1 Å². The minimum atomic E-state index is -3.67. The third kappa shape index (κ3) is 3.87. The number of rotatable bonds is 5. The lowest BCUT2D eigenvalue weighted by molar-refractivity contribution is -0.341. The highest BCUT2D eigenvalue weighted by Gasteiger charge is 2.73. The van der Waals surface area contributed by atoms with Crippen molar-refractivity contribution in [1.82, 2.24) is 15.0 Å². The molecule has 2 aromatic rings. The first kappa shape index (κ1) is 23.2. The van der Waals surface area contributed by atoms with Crippen molar-refractivity contribution in [3.63, 3.8) is 0 Å². The summed E-state index contributed by atoms with van der Waals surface area (Å²) < 4.78 is 60.1. The molecular weight excluding hydrogens is 469 g/mol. The maximum absolute atomic E-state index is 14.2. The predicted molar refractivity (Wildman–Crippen MR) is 115 cm³/mol. The number of carbonyl (C=O) groups excluding carboxylic acids is 1. The lowest BCUT2D eigenvalue weighted by Crippen LogP contribution is -2.76. The van der Waals surface area contributed by atoms with Crippen molar-refractivity contribution < 1.29 is 36.3 Å². The summed E-state index contributed by atoms with van der Waals surface area (Å²) in [5, 5.41) is 3.85. The quantitative estimate of drug-likeness (QED) is 0.616. The number of halogens is 1. The molecule has 0 N–H and O–H groups in total. The number of nitrogens with zero attached hydrogens (tertiary/aromatic N) is 3. The van der Waals surface area contributed by atoms with Gasteiger partial charge in [-0.1, -0.05) is 5.16 Å². The van der Waals surface area contributed by atoms with Crippen LogP contribution in [0.4, 0.5) is 9.18 Å². The number of ether oxygens (including phenoxy) is 3. The predicted octanol–water partition coefficient (Wildman–Crippen LogP) is 2.43. The third-order valence-electron chi connectivity index (χ3n) is 6.54. The maximum atomic E-state index is 14.2. The van der Waals surface area contributed by atoms with Crippen LogP contribution in [-0.4, -0.2) is 72.8 Å². The Morgan fingerprint density at radius 2 is 2.09 bits per heavy atom. The van der Waals surface area contributed by atoms with E-state index in [1.54, 1.807) is 4.90 Å². The van der Waals surface area contributed by atoms with Crippen molar-refractivity contribution in [2.24, 2.45) is 11.8 Å². The largest absolute Gasteiger partial charge is 0.444 e. The smallest absolute Gasteiger partial charge is 0.410 e. The normalized spacial score (nSPS) is 28.0. The summed E-state index contributed by atoms with van der Waals surface area (Å²) in [6.45, 7) is 7.07. The molecule has 10 nitrogen and oxygen atoms in total. The van der Waals surface area contributed by atoms with Crippen LogP contribution in [0.3, 0.4) is 0 Å². The van der Waals surface area contributed by atoms with Gasteiger partial charge >= 0.3 is 6.09 Å². The van der Waals surface area contributed by atoms with Crippen LogP contribution in [0.15, 0.2) is 27.6 Å². The van der Waals surface area contributed by atoms with E-state index in [0.29, 0.717) is 25.3 Å². The van der Waals surface area contributed by atoms with Gasteiger partial charge in [0.2, 0.25) is 5.82 Å². The van der Waals surface area contributed by atoms with Gasteiger partial charge in [0.1, 0.15) is 28.5 Å². The van der Waals surface area contributed by atoms with Gasteiger partial charge in [0.25, 0.3) is 5.89 Å². The SMILES string of the molecule is CC(C)(C)OC(=O)N1CC2C(OCc3nc(-c4ccc(S(C)(=O)=O)c(F)c4)no3)C3COC32C1. The number of amides is 1. The van der Waals surface area contributed by atoms with Crippen LogP contribution in [0, 0.1) is 17.7 Å². The van der Waals surface area contributed by atoms with Gasteiger partial charge in [-0.2, -0.15) is 4.98 Å². The number of aromatic nitrogens is 2. The topological polar surface area (TPSA) is 121 Å². The number of benzene rings is 1. The van der Waals surface area contributed by atoms with Crippen molar-refractivity contribution in [3.05, 3.63) is 29.9 Å². The van der Waals surface area contributed by atoms with Crippen molar-refractivity contribution in [2.75, 3.05) is 26.0 Å². The monoisotopic (exact) mass is 495 g/mol. The Labute approximate surface area is 196 Å². The van der Waals surface area contributed by atoms with Gasteiger partial charge in [-0.3, -0.25) is 0 Å². The Morgan fingerprint density at radius 1 is 1.32 bits per heavy atom. The number of hydrogen-bond donors (Lipinski definition) is 0. The zero-order valence-electron chi connectivity index (χ0n) is 19.3. The first-order chi connectivity index (χ1) is 15.9. The molecule has 4 unspecified atom stereocenters. The number of hydrogen-bond acceptors (Lipinski definition) is 9. The van der Waals surface area contributed by atoms with Gasteiger partial charge in [0, 0.05) is 30.2 Å². The summed E-state index contributed by atoms with van der Waals surface area (Å²) in [7, 11) is -3.67. The number of carbonyl (C=O) groups is 1. The summed E-state index contributed by atoms with van der Waals surface area (Å²) in [6, 6.07) is 3.65. The van der Waals surface area contributed by atoms with Crippen LogP contribution in [-0.2, 0) is 30.7 Å². The fourth-order valence-electron chi connectivity index (χ4n) is 4.96. The molecule has 1 aromatic carbocycles. The van der Waals surface area contributed by atoms with E-state index in [0.717, 1.165) is 12.3 Å². The maximum Gasteiger partial charge on any atom is 0.410 e. The summed E-state index contributed by atoms with van der Waals surface area (Å²) in [4.78, 5) is 18.0. The van der Waals surface area contributed by atoms with Gasteiger partial charge in [0.15, 0.2) is 9.84 Å². The average Bonchev–Trinajstić information content (AvgIpc) is 3.33. The lowest BCUT2D eigenvalue weighted by atomic mass is 9.57. The fraction of sp³-hybridized carbons (Fsp3) is 0.591. The van der Waals surface area contributed by atoms with Crippen LogP contribution < -0.4 is 0 Å². The van der Waals surface area contributed by atoms with E-state index in [4.69, 9.17) is 18.7 Å². The first-order valence-electron chi connectivity index (χ1n) is 10.9. The van der Waals surface area contributed by atoms with E-state index in [1.807, 2.05) is 20.8 Å². The standard InChI is InChI=1S/C22H26FN3O7S/c1-21(2,3)32-20(27)26-8-13-18(14-9-31-22(13,14)11-26)30-10-17-24-19(25-33-17)12-5-6-16(15(23)7-12)34(4,28)29/h5-7,13-14,18H,8-11H2,1-4H3. The van der Waals surface area contributed by atoms with Gasteiger partial charge in [-0.25, -0.2) is 17.6 Å². The molecule has 2 aliphatic heterocycles. The molecule has 1 aliphatic carbocycles. The molecule has 0 bridgehead atoms. The Kier molecular flexibility index (Phi) is 5.26. The third-order valence-corrected chi connectivity index (χ3v) is 7.67. The molecule has 3 aliphatic rings. The van der Waals surface area contributed by atoms with Crippen LogP contribution in [0.5, 0.6) is 0 Å². The molecule has 12 heteroatoms. The van der Waals surface area contributed by atoms with Gasteiger partial charge in [-0.15, -0.1) is 0 Å². The van der Waals surface area contributed by atoms with Crippen molar-refractivity contribution >= 4 is 15.9 Å². The zero-order chi connectivity index (χ0) is 24.5. The molecule has 0 radical (unpaired) electrons. The van der Waals surface area contributed by atoms with E-state index in [1.165, 1.54) is 12.1 Å². The van der Waals surface area contributed by atoms with Crippen LogP contribution in [0.2, 0.25) is 0 Å². The molecule has 5 rings (SSSR count). The highest BCUT2D eigenvalue weighted by Crippen LogP contribution is 2.59. The lowest BCUT2D eigenvalue weighted by Gasteiger charge is -2.63. The first-order valence-corrected chi connectivity index (χ1v) is 12.8. The second-order valence-electron chi connectivity index (χ2n) is 10.0. The van der Waals surface area contributed by atoms with Gasteiger partial charge in [0.05, 0.1) is 19.3 Å². The van der Waals surface area contributed by atoms with Crippen LogP contribution in [0.25, 0.3) is 11.4 Å². The van der Waals surface area contributed by atoms with Gasteiger partial charge < -0.3 is 23.6 Å². The highest BCUT2D eigenvalue weighted by molar-refractivity contribution is 7.90. The summed E-state index contributed by atoms with van der Waals surface area (Å²) in [5.74, 6) is -0.343. The van der Waals surface area contributed by atoms with E-state index in [-0.39, 0.29) is 48.0 Å². The minimum Gasteiger partial charge on any atom is -0.444 e. The Balaban J connectivity index is 1.22. The Morgan fingerprint density at radius 3 is 2.71 bits per heavy atom. The molecule has 1 aromatic heterocycles. The Hall–Kier alpha value is -2.57. The van der Waals surface area contributed by atoms with Crippen molar-refractivity contribution in [1.29, 1.82) is 0 Å². The number of sulfone groups is 1. The highest BCUT2D eigenvalue weighted by atomic mass is 32.2. The summed E-state index contributed by atoms with van der Waals surface area (Å²) in [6.07, 6.45) is 0.455. The summed E-state index contributed by atoms with van der Waals surface area (Å²) in [5.41, 5.74) is -0.658. The van der Waals surface area contributed by atoms with Crippen LogP contribution in [0.1, 0.15) is 26.7 Å². The van der Waals surface area contributed by atoms with E-state index in [9.17, 15) is 17.6 Å². The molecule has 1 amide bonds. The molecule has 1 saturated carbocycles.